The van der Waals surface area contributed by atoms with Crippen molar-refractivity contribution < 1.29 is 9.53 Å². The van der Waals surface area contributed by atoms with Crippen LogP contribution in [0.1, 0.15) is 20.8 Å². The number of halogens is 2. The van der Waals surface area contributed by atoms with Crippen molar-refractivity contribution in [2.24, 2.45) is 0 Å². The van der Waals surface area contributed by atoms with Crippen LogP contribution in [-0.4, -0.2) is 21.6 Å². The zero-order chi connectivity index (χ0) is 13.1. The number of nitrogens with zero attached hydrogens (tertiary/aromatic N) is 2. The van der Waals surface area contributed by atoms with Gasteiger partial charge in [0.05, 0.1) is 0 Å². The molecule has 0 amide bonds. The van der Waals surface area contributed by atoms with Gasteiger partial charge in [-0.05, 0) is 0 Å². The number of pyridine rings is 1. The van der Waals surface area contributed by atoms with Gasteiger partial charge < -0.3 is 0 Å². The Morgan fingerprint density at radius 1 is 1.47 bits per heavy atom. The third-order valence-corrected chi connectivity index (χ3v) is 4.04. The van der Waals surface area contributed by atoms with Crippen LogP contribution >= 0.6 is 37.4 Å². The van der Waals surface area contributed by atoms with Gasteiger partial charge in [0.2, 0.25) is 0 Å². The first-order valence-corrected chi connectivity index (χ1v) is 8.05. The van der Waals surface area contributed by atoms with Gasteiger partial charge in [0.25, 0.3) is 0 Å². The molecule has 17 heavy (non-hydrogen) atoms. The zero-order valence-corrected chi connectivity index (χ0v) is 14.1. The molecule has 0 saturated heterocycles. The first kappa shape index (κ1) is 14.7. The normalized spacial score (nSPS) is 11.4. The Hall–Kier alpha value is -0.370. The first-order valence-electron chi connectivity index (χ1n) is 5.05. The second kappa shape index (κ2) is 5.99. The van der Waals surface area contributed by atoms with Crippen molar-refractivity contribution in [3.05, 3.63) is 22.8 Å². The summed E-state index contributed by atoms with van der Waals surface area (Å²) in [5.41, 5.74) is -0.423. The van der Waals surface area contributed by atoms with E-state index in [1.54, 1.807) is 0 Å². The van der Waals surface area contributed by atoms with E-state index in [0.717, 1.165) is 10.4 Å². The van der Waals surface area contributed by atoms with Crippen molar-refractivity contribution in [1.29, 1.82) is 0 Å². The molecule has 1 heterocycles. The summed E-state index contributed by atoms with van der Waals surface area (Å²) in [4.78, 5) is 16.0. The molecule has 0 bridgehead atoms. The Bertz CT molecular complexity index is 407. The van der Waals surface area contributed by atoms with Gasteiger partial charge in [0.1, 0.15) is 0 Å². The van der Waals surface area contributed by atoms with E-state index in [9.17, 15) is 4.79 Å². The summed E-state index contributed by atoms with van der Waals surface area (Å²) in [6.07, 6.45) is 0. The number of carbonyl (C=O) groups is 1. The van der Waals surface area contributed by atoms with Crippen LogP contribution in [0.4, 0.5) is 10.6 Å². The Morgan fingerprint density at radius 3 is 2.65 bits per heavy atom. The fourth-order valence-corrected chi connectivity index (χ4v) is 3.35. The van der Waals surface area contributed by atoms with Gasteiger partial charge in [0.15, 0.2) is 0 Å². The molecule has 1 aromatic rings. The fraction of sp³-hybridized carbons (Fsp3) is 0.455. The quantitative estimate of drug-likeness (QED) is 0.326. The molecule has 4 nitrogen and oxygen atoms in total. The van der Waals surface area contributed by atoms with Gasteiger partial charge in [-0.3, -0.25) is 0 Å². The van der Waals surface area contributed by atoms with Gasteiger partial charge in [-0.25, -0.2) is 0 Å². The van der Waals surface area contributed by atoms with Crippen LogP contribution in [0.5, 0.6) is 0 Å². The Kier molecular flexibility index (Phi) is 5.18. The molecule has 0 fully saturated rings. The van der Waals surface area contributed by atoms with Gasteiger partial charge in [-0.15, -0.1) is 0 Å². The van der Waals surface area contributed by atoms with Crippen molar-refractivity contribution in [2.45, 2.75) is 26.4 Å². The summed E-state index contributed by atoms with van der Waals surface area (Å²) in [6, 6.07) is 5.62. The summed E-state index contributed by atoms with van der Waals surface area (Å²) >= 11 is 2.25. The van der Waals surface area contributed by atoms with Crippen LogP contribution in [0.3, 0.4) is 0 Å². The molecule has 0 unspecified atom stereocenters. The minimum atomic E-state index is -1.06. The molecule has 1 aromatic heterocycles. The number of ether oxygens (including phenoxy) is 1. The summed E-state index contributed by atoms with van der Waals surface area (Å²) in [7, 11) is 1.86. The first-order chi connectivity index (χ1) is 7.78. The van der Waals surface area contributed by atoms with Gasteiger partial charge in [-0.2, -0.15) is 0 Å². The molecule has 0 atom stereocenters. The number of hydrogen-bond donors (Lipinski definition) is 0. The van der Waals surface area contributed by atoms with E-state index in [1.165, 1.54) is 0 Å². The summed E-state index contributed by atoms with van der Waals surface area (Å²) in [6.45, 7) is 5.61. The van der Waals surface area contributed by atoms with E-state index in [0.29, 0.717) is 0 Å². The second-order valence-electron chi connectivity index (χ2n) is 4.37. The topological polar surface area (TPSA) is 42.4 Å². The molecular formula is C11H16BrIN2O2. The van der Waals surface area contributed by atoms with Crippen LogP contribution in [0.2, 0.25) is 0 Å². The van der Waals surface area contributed by atoms with E-state index < -0.39 is 27.1 Å². The monoisotopic (exact) mass is 414 g/mol. The molecule has 0 aliphatic rings. The maximum atomic E-state index is 11.7. The molecule has 0 aliphatic heterocycles. The molecule has 0 N–H and O–H groups in total. The summed E-state index contributed by atoms with van der Waals surface area (Å²) in [5, 5.41) is 0. The van der Waals surface area contributed by atoms with Crippen molar-refractivity contribution >= 4 is 47.2 Å². The van der Waals surface area contributed by atoms with E-state index in [2.05, 4.69) is 20.9 Å². The van der Waals surface area contributed by atoms with E-state index in [4.69, 9.17) is 4.74 Å². The van der Waals surface area contributed by atoms with E-state index >= 15 is 0 Å². The van der Waals surface area contributed by atoms with Crippen molar-refractivity contribution in [3.8, 4) is 0 Å². The van der Waals surface area contributed by atoms with Crippen LogP contribution < -0.4 is 3.11 Å². The minimum absolute atomic E-state index is 0.132. The number of rotatable bonds is 3. The Labute approximate surface area is 120 Å². The van der Waals surface area contributed by atoms with Gasteiger partial charge in [0, 0.05) is 0 Å². The molecule has 0 radical (unpaired) electrons. The molecule has 1 rings (SSSR count). The average Bonchev–Trinajstić information content (AvgIpc) is 2.14. The predicted molar refractivity (Wildman–Crippen MR) is 82.0 cm³/mol. The third kappa shape index (κ3) is 5.67. The Morgan fingerprint density at radius 2 is 2.12 bits per heavy atom. The fourth-order valence-electron chi connectivity index (χ4n) is 1.00. The van der Waals surface area contributed by atoms with Gasteiger partial charge >= 0.3 is 121 Å². The molecule has 0 aliphatic carbocycles. The van der Waals surface area contributed by atoms with Crippen molar-refractivity contribution in [2.75, 3.05) is 10.2 Å². The van der Waals surface area contributed by atoms with Crippen LogP contribution in [0.25, 0.3) is 0 Å². The number of hydrogen-bond acceptors (Lipinski definition) is 4. The maximum absolute atomic E-state index is 11.7. The SMILES string of the molecule is CN([IH]C(=O)OC(C)(C)C)c1cccc(Br)n1. The van der Waals surface area contributed by atoms with Crippen molar-refractivity contribution in [1.82, 2.24) is 4.98 Å². The molecule has 0 saturated carbocycles. The Balaban J connectivity index is 2.61. The molecule has 0 aromatic carbocycles. The van der Waals surface area contributed by atoms with Crippen LogP contribution in [0, 0.1) is 0 Å². The van der Waals surface area contributed by atoms with Crippen LogP contribution in [0.15, 0.2) is 22.8 Å². The van der Waals surface area contributed by atoms with Crippen LogP contribution in [-0.2, 0) is 4.74 Å². The summed E-state index contributed by atoms with van der Waals surface area (Å²) < 4.78 is 7.81. The van der Waals surface area contributed by atoms with E-state index in [-0.39, 0.29) is 3.98 Å². The van der Waals surface area contributed by atoms with Crippen molar-refractivity contribution in [3.63, 3.8) is 0 Å². The second-order valence-corrected chi connectivity index (χ2v) is 8.22. The molecular weight excluding hydrogens is 399 g/mol. The average molecular weight is 415 g/mol. The van der Waals surface area contributed by atoms with E-state index in [1.807, 2.05) is 49.1 Å². The standard InChI is InChI=1S/C11H16BrIN2O2/c1-11(2,3)17-10(16)13-15(4)9-7-5-6-8(12)14-9/h5-7,13H,1-4H3. The van der Waals surface area contributed by atoms with Gasteiger partial charge in [-0.1, -0.05) is 0 Å². The number of anilines is 1. The third-order valence-electron chi connectivity index (χ3n) is 1.62. The number of carbonyl (C=O) groups excluding carboxylic acids is 1. The molecule has 96 valence electrons. The predicted octanol–water partition coefficient (Wildman–Crippen LogP) is 3.83. The molecule has 0 spiro atoms. The zero-order valence-electron chi connectivity index (χ0n) is 10.2. The molecule has 6 heteroatoms. The number of aromatic nitrogens is 1. The summed E-state index contributed by atoms with van der Waals surface area (Å²) in [5.74, 6) is 0.785.